The maximum absolute atomic E-state index is 13.8. The van der Waals surface area contributed by atoms with Crippen molar-refractivity contribution in [1.82, 2.24) is 0 Å². The number of aliphatic hydroxyl groups is 2. The van der Waals surface area contributed by atoms with E-state index >= 15 is 0 Å². The first-order valence-corrected chi connectivity index (χ1v) is 6.46. The fourth-order valence-corrected chi connectivity index (χ4v) is 2.51. The maximum Gasteiger partial charge on any atom is 0.144 e. The Hall–Kier alpha value is -0.640. The lowest BCUT2D eigenvalue weighted by molar-refractivity contribution is 0.0363. The van der Waals surface area contributed by atoms with E-state index in [1.807, 2.05) is 13.8 Å². The highest BCUT2D eigenvalue weighted by molar-refractivity contribution is 6.30. The lowest BCUT2D eigenvalue weighted by atomic mass is 9.76. The highest BCUT2D eigenvalue weighted by Gasteiger charge is 2.31. The molecule has 0 spiro atoms. The van der Waals surface area contributed by atoms with Gasteiger partial charge in [0.05, 0.1) is 18.2 Å². The van der Waals surface area contributed by atoms with Crippen LogP contribution in [-0.2, 0) is 6.42 Å². The Morgan fingerprint density at radius 2 is 1.89 bits per heavy atom. The van der Waals surface area contributed by atoms with Crippen LogP contribution in [0.4, 0.5) is 4.39 Å². The van der Waals surface area contributed by atoms with Crippen LogP contribution in [0.2, 0.25) is 5.02 Å². The van der Waals surface area contributed by atoms with E-state index < -0.39 is 11.2 Å². The third kappa shape index (κ3) is 3.67. The van der Waals surface area contributed by atoms with Gasteiger partial charge in [-0.25, -0.2) is 4.39 Å². The average molecular weight is 275 g/mol. The third-order valence-corrected chi connectivity index (χ3v) is 3.40. The highest BCUT2D eigenvalue weighted by atomic mass is 35.5. The van der Waals surface area contributed by atoms with Gasteiger partial charge in [0.2, 0.25) is 0 Å². The molecule has 0 unspecified atom stereocenters. The van der Waals surface area contributed by atoms with E-state index in [2.05, 4.69) is 0 Å². The third-order valence-electron chi connectivity index (χ3n) is 3.11. The lowest BCUT2D eigenvalue weighted by Crippen LogP contribution is -2.34. The second-order valence-corrected chi connectivity index (χ2v) is 5.71. The number of aliphatic hydroxyl groups excluding tert-OH is 2. The predicted octanol–water partition coefficient (Wildman–Crippen LogP) is 3.04. The molecule has 0 aliphatic heterocycles. The normalized spacial score (nSPS) is 12.2. The van der Waals surface area contributed by atoms with Gasteiger partial charge in [0, 0.05) is 5.41 Å². The van der Waals surface area contributed by atoms with Crippen LogP contribution in [-0.4, -0.2) is 23.4 Å². The fourth-order valence-electron chi connectivity index (χ4n) is 2.32. The summed E-state index contributed by atoms with van der Waals surface area (Å²) >= 11 is 5.73. The number of benzene rings is 1. The molecular formula is C14H20ClFO2. The molecular weight excluding hydrogens is 255 g/mol. The molecule has 0 atom stereocenters. The second kappa shape index (κ2) is 6.50. The monoisotopic (exact) mass is 274 g/mol. The van der Waals surface area contributed by atoms with Gasteiger partial charge in [-0.3, -0.25) is 0 Å². The summed E-state index contributed by atoms with van der Waals surface area (Å²) in [7, 11) is 0. The van der Waals surface area contributed by atoms with Crippen LogP contribution in [0.25, 0.3) is 0 Å². The Morgan fingerprint density at radius 1 is 1.28 bits per heavy atom. The molecule has 2 N–H and O–H groups in total. The maximum atomic E-state index is 13.8. The number of hydrogen-bond donors (Lipinski definition) is 2. The van der Waals surface area contributed by atoms with E-state index in [1.165, 1.54) is 6.07 Å². The zero-order chi connectivity index (χ0) is 13.8. The van der Waals surface area contributed by atoms with E-state index in [4.69, 9.17) is 11.6 Å². The first kappa shape index (κ1) is 15.4. The van der Waals surface area contributed by atoms with E-state index in [9.17, 15) is 14.6 Å². The van der Waals surface area contributed by atoms with Crippen LogP contribution in [0.1, 0.15) is 25.8 Å². The molecule has 1 aromatic rings. The Kier molecular flexibility index (Phi) is 5.57. The van der Waals surface area contributed by atoms with Crippen LogP contribution < -0.4 is 0 Å². The lowest BCUT2D eigenvalue weighted by Gasteiger charge is -2.32. The van der Waals surface area contributed by atoms with Gasteiger partial charge >= 0.3 is 0 Å². The molecule has 18 heavy (non-hydrogen) atoms. The second-order valence-electron chi connectivity index (χ2n) is 5.30. The topological polar surface area (TPSA) is 40.5 Å². The summed E-state index contributed by atoms with van der Waals surface area (Å²) in [6, 6.07) is 4.81. The largest absolute Gasteiger partial charge is 0.396 e. The predicted molar refractivity (Wildman–Crippen MR) is 71.2 cm³/mol. The number of rotatable bonds is 6. The zero-order valence-corrected chi connectivity index (χ0v) is 11.5. The van der Waals surface area contributed by atoms with Gasteiger partial charge in [0.25, 0.3) is 0 Å². The number of halogens is 2. The molecule has 0 aromatic heterocycles. The molecule has 0 saturated heterocycles. The zero-order valence-electron chi connectivity index (χ0n) is 10.8. The van der Waals surface area contributed by atoms with Gasteiger partial charge in [0.1, 0.15) is 5.82 Å². The minimum Gasteiger partial charge on any atom is -0.396 e. The summed E-state index contributed by atoms with van der Waals surface area (Å²) < 4.78 is 13.8. The molecule has 0 fully saturated rings. The molecule has 0 bridgehead atoms. The summed E-state index contributed by atoms with van der Waals surface area (Å²) in [5.74, 6) is -0.152. The van der Waals surface area contributed by atoms with Gasteiger partial charge < -0.3 is 10.2 Å². The minimum absolute atomic E-state index is 0.0711. The summed E-state index contributed by atoms with van der Waals surface area (Å²) in [5, 5.41) is 19.1. The quantitative estimate of drug-likeness (QED) is 0.837. The van der Waals surface area contributed by atoms with E-state index in [0.29, 0.717) is 17.9 Å². The van der Waals surface area contributed by atoms with Crippen molar-refractivity contribution in [3.05, 3.63) is 34.6 Å². The number of hydrogen-bond acceptors (Lipinski definition) is 2. The molecule has 0 saturated carbocycles. The molecule has 102 valence electrons. The van der Waals surface area contributed by atoms with Gasteiger partial charge in [-0.1, -0.05) is 37.6 Å². The van der Waals surface area contributed by atoms with Gasteiger partial charge in [-0.2, -0.15) is 0 Å². The van der Waals surface area contributed by atoms with Crippen molar-refractivity contribution in [3.63, 3.8) is 0 Å². The van der Waals surface area contributed by atoms with Crippen LogP contribution >= 0.6 is 11.6 Å². The first-order chi connectivity index (χ1) is 8.44. The SMILES string of the molecule is CC(C)CC(CO)(CO)Cc1cccc(Cl)c1F. The molecule has 0 amide bonds. The minimum atomic E-state index is -0.695. The standard InChI is InChI=1S/C14H20ClFO2/c1-10(2)6-14(8-17,9-18)7-11-4-3-5-12(15)13(11)16/h3-5,10,17-18H,6-9H2,1-2H3. The average Bonchev–Trinajstić information content (AvgIpc) is 2.33. The highest BCUT2D eigenvalue weighted by Crippen LogP contribution is 2.32. The molecule has 1 aromatic carbocycles. The van der Waals surface area contributed by atoms with Crippen LogP contribution in [0.5, 0.6) is 0 Å². The molecule has 0 heterocycles. The molecule has 2 nitrogen and oxygen atoms in total. The van der Waals surface area contributed by atoms with Gasteiger partial charge in [0.15, 0.2) is 0 Å². The van der Waals surface area contributed by atoms with E-state index in [1.54, 1.807) is 12.1 Å². The Bertz CT molecular complexity index is 389. The van der Waals surface area contributed by atoms with Crippen LogP contribution in [0, 0.1) is 17.2 Å². The Labute approximate surface area is 112 Å². The first-order valence-electron chi connectivity index (χ1n) is 6.09. The van der Waals surface area contributed by atoms with Gasteiger partial charge in [-0.15, -0.1) is 0 Å². The van der Waals surface area contributed by atoms with Crippen molar-refractivity contribution in [2.24, 2.45) is 11.3 Å². The molecule has 0 aliphatic rings. The van der Waals surface area contributed by atoms with E-state index in [0.717, 1.165) is 0 Å². The van der Waals surface area contributed by atoms with Crippen LogP contribution in [0.15, 0.2) is 18.2 Å². The fraction of sp³-hybridized carbons (Fsp3) is 0.571. The summed E-state index contributed by atoms with van der Waals surface area (Å²) in [5.41, 5.74) is -0.258. The van der Waals surface area contributed by atoms with Crippen molar-refractivity contribution < 1.29 is 14.6 Å². The van der Waals surface area contributed by atoms with Crippen LogP contribution in [0.3, 0.4) is 0 Å². The summed E-state index contributed by atoms with van der Waals surface area (Å²) in [6.07, 6.45) is 0.913. The van der Waals surface area contributed by atoms with E-state index in [-0.39, 0.29) is 24.7 Å². The summed E-state index contributed by atoms with van der Waals surface area (Å²) in [6.45, 7) is 3.67. The smallest absolute Gasteiger partial charge is 0.144 e. The Morgan fingerprint density at radius 3 is 2.39 bits per heavy atom. The van der Waals surface area contributed by atoms with Crippen molar-refractivity contribution in [3.8, 4) is 0 Å². The van der Waals surface area contributed by atoms with Crippen molar-refractivity contribution in [1.29, 1.82) is 0 Å². The summed E-state index contributed by atoms with van der Waals surface area (Å²) in [4.78, 5) is 0. The molecule has 0 aliphatic carbocycles. The van der Waals surface area contributed by atoms with Gasteiger partial charge in [-0.05, 0) is 30.4 Å². The van der Waals surface area contributed by atoms with Crippen molar-refractivity contribution >= 4 is 11.6 Å². The molecule has 1 rings (SSSR count). The molecule has 0 radical (unpaired) electrons. The molecule has 4 heteroatoms. The van der Waals surface area contributed by atoms with Crippen molar-refractivity contribution in [2.75, 3.05) is 13.2 Å². The Balaban J connectivity index is 2.99. The van der Waals surface area contributed by atoms with Crippen molar-refractivity contribution in [2.45, 2.75) is 26.7 Å².